The number of hydrogen-bond donors (Lipinski definition) is 0. The molecule has 0 heterocycles. The fourth-order valence-electron chi connectivity index (χ4n) is 2.64. The third-order valence-corrected chi connectivity index (χ3v) is 3.72. The van der Waals surface area contributed by atoms with Crippen LogP contribution in [-0.4, -0.2) is 0 Å². The van der Waals surface area contributed by atoms with Gasteiger partial charge < -0.3 is 0 Å². The first-order chi connectivity index (χ1) is 11.3. The summed E-state index contributed by atoms with van der Waals surface area (Å²) < 4.78 is 38.4. The highest BCUT2D eigenvalue weighted by Gasteiger charge is 2.18. The topological polar surface area (TPSA) is 0 Å². The van der Waals surface area contributed by atoms with Crippen LogP contribution in [0.4, 0.5) is 0 Å². The Balaban J connectivity index is 2.68. The summed E-state index contributed by atoms with van der Waals surface area (Å²) in [6, 6.07) is 9.25. The van der Waals surface area contributed by atoms with Crippen LogP contribution < -0.4 is 0 Å². The normalized spacial score (nSPS) is 16.2. The van der Waals surface area contributed by atoms with Crippen molar-refractivity contribution in [2.45, 2.75) is 53.8 Å². The SMILES string of the molecule is [2H]C([2H])c1cc(C)c(-c2ccc(C([2H])([2H])[2H])cc2C)cc1C(C)(C)C. The molecule has 0 amide bonds. The average molecular weight is 271 g/mol. The summed E-state index contributed by atoms with van der Waals surface area (Å²) >= 11 is 0. The largest absolute Gasteiger partial charge is 0.0587 e. The van der Waals surface area contributed by atoms with Gasteiger partial charge in [0.2, 0.25) is 0 Å². The zero-order valence-corrected chi connectivity index (χ0v) is 13.0. The highest BCUT2D eigenvalue weighted by molar-refractivity contribution is 5.72. The third kappa shape index (κ3) is 2.80. The summed E-state index contributed by atoms with van der Waals surface area (Å²) in [5.41, 5.74) is 5.82. The van der Waals surface area contributed by atoms with Crippen molar-refractivity contribution in [2.75, 3.05) is 0 Å². The molecule has 0 heteroatoms. The molecule has 0 saturated carbocycles. The fourth-order valence-corrected chi connectivity index (χ4v) is 2.64. The lowest BCUT2D eigenvalue weighted by Crippen LogP contribution is -2.13. The maximum absolute atomic E-state index is 7.85. The first-order valence-electron chi connectivity index (χ1n) is 9.59. The molecule has 2 rings (SSSR count). The summed E-state index contributed by atoms with van der Waals surface area (Å²) in [4.78, 5) is 0. The van der Waals surface area contributed by atoms with E-state index in [1.165, 1.54) is 0 Å². The summed E-state index contributed by atoms with van der Waals surface area (Å²) in [6.45, 7) is 7.01. The molecule has 2 aromatic rings. The minimum absolute atomic E-state index is 0.176. The van der Waals surface area contributed by atoms with Crippen LogP contribution in [0.1, 0.15) is 55.4 Å². The van der Waals surface area contributed by atoms with Crippen LogP contribution in [0.2, 0.25) is 0 Å². The Hall–Kier alpha value is -1.56. The molecular weight excluding hydrogens is 240 g/mol. The van der Waals surface area contributed by atoms with Gasteiger partial charge in [0.25, 0.3) is 0 Å². The number of aryl methyl sites for hydroxylation is 4. The van der Waals surface area contributed by atoms with Crippen LogP contribution in [0.3, 0.4) is 0 Å². The maximum Gasteiger partial charge on any atom is 0.0280 e. The molecule has 0 bridgehead atoms. The summed E-state index contributed by atoms with van der Waals surface area (Å²) in [7, 11) is 0. The van der Waals surface area contributed by atoms with Gasteiger partial charge in [-0.1, -0.05) is 56.7 Å². The van der Waals surface area contributed by atoms with Crippen LogP contribution in [0.5, 0.6) is 0 Å². The highest BCUT2D eigenvalue weighted by Crippen LogP contribution is 2.34. The first kappa shape index (κ1) is 9.39. The zero-order chi connectivity index (χ0) is 19.2. The van der Waals surface area contributed by atoms with Gasteiger partial charge in [-0.05, 0) is 66.4 Å². The van der Waals surface area contributed by atoms with Gasteiger partial charge in [0, 0.05) is 6.85 Å². The Morgan fingerprint density at radius 1 is 0.850 bits per heavy atom. The molecule has 0 saturated heterocycles. The van der Waals surface area contributed by atoms with Crippen LogP contribution in [0, 0.1) is 27.6 Å². The van der Waals surface area contributed by atoms with Crippen molar-refractivity contribution < 1.29 is 6.85 Å². The molecule has 0 aromatic heterocycles. The van der Waals surface area contributed by atoms with E-state index in [1.807, 2.05) is 26.0 Å². The lowest BCUT2D eigenvalue weighted by molar-refractivity contribution is 0.586. The van der Waals surface area contributed by atoms with E-state index in [9.17, 15) is 0 Å². The quantitative estimate of drug-likeness (QED) is 0.607. The van der Waals surface area contributed by atoms with E-state index in [-0.39, 0.29) is 5.41 Å². The number of rotatable bonds is 1. The number of hydrogen-bond acceptors (Lipinski definition) is 0. The van der Waals surface area contributed by atoms with Gasteiger partial charge in [-0.15, -0.1) is 0 Å². The van der Waals surface area contributed by atoms with Gasteiger partial charge in [-0.25, -0.2) is 0 Å². The lowest BCUT2D eigenvalue weighted by atomic mass is 9.81. The molecule has 0 aliphatic rings. The molecule has 0 nitrogen and oxygen atoms in total. The van der Waals surface area contributed by atoms with Crippen LogP contribution >= 0.6 is 0 Å². The molecule has 2 aromatic carbocycles. The molecule has 0 aliphatic carbocycles. The predicted molar refractivity (Wildman–Crippen MR) is 89.5 cm³/mol. The Bertz CT molecular complexity index is 780. The van der Waals surface area contributed by atoms with E-state index in [1.54, 1.807) is 12.1 Å². The summed E-state index contributed by atoms with van der Waals surface area (Å²) in [5, 5.41) is 0. The van der Waals surface area contributed by atoms with Gasteiger partial charge in [-0.2, -0.15) is 0 Å². The molecule has 0 radical (unpaired) electrons. The average Bonchev–Trinajstić information content (AvgIpc) is 2.45. The van der Waals surface area contributed by atoms with Crippen molar-refractivity contribution in [3.05, 3.63) is 58.1 Å². The van der Waals surface area contributed by atoms with Crippen molar-refractivity contribution in [3.63, 3.8) is 0 Å². The Morgan fingerprint density at radius 3 is 2.10 bits per heavy atom. The van der Waals surface area contributed by atoms with Crippen LogP contribution in [0.25, 0.3) is 11.1 Å². The van der Waals surface area contributed by atoms with Crippen LogP contribution in [-0.2, 0) is 5.41 Å². The summed E-state index contributed by atoms with van der Waals surface area (Å²) in [6.07, 6.45) is 0. The second-order valence-electron chi connectivity index (χ2n) is 6.53. The second-order valence-corrected chi connectivity index (χ2v) is 6.53. The lowest BCUT2D eigenvalue weighted by Gasteiger charge is -2.24. The van der Waals surface area contributed by atoms with Gasteiger partial charge in [0.1, 0.15) is 0 Å². The molecule has 0 aliphatic heterocycles. The van der Waals surface area contributed by atoms with Crippen molar-refractivity contribution in [1.82, 2.24) is 0 Å². The van der Waals surface area contributed by atoms with E-state index >= 15 is 0 Å². The van der Waals surface area contributed by atoms with Gasteiger partial charge in [0.15, 0.2) is 0 Å². The van der Waals surface area contributed by atoms with Gasteiger partial charge >= 0.3 is 0 Å². The second kappa shape index (κ2) is 5.09. The fraction of sp³-hybridized carbons (Fsp3) is 0.400. The van der Waals surface area contributed by atoms with Gasteiger partial charge in [0.05, 0.1) is 0 Å². The maximum atomic E-state index is 7.85. The molecule has 0 fully saturated rings. The smallest absolute Gasteiger partial charge is 0.0280 e. The minimum atomic E-state index is -2.11. The molecule has 0 spiro atoms. The van der Waals surface area contributed by atoms with E-state index in [0.717, 1.165) is 33.4 Å². The van der Waals surface area contributed by atoms with Crippen LogP contribution in [0.15, 0.2) is 30.3 Å². The molecule has 20 heavy (non-hydrogen) atoms. The Morgan fingerprint density at radius 2 is 1.55 bits per heavy atom. The van der Waals surface area contributed by atoms with Crippen molar-refractivity contribution in [2.24, 2.45) is 0 Å². The molecule has 0 unspecified atom stereocenters. The third-order valence-electron chi connectivity index (χ3n) is 3.72. The predicted octanol–water partition coefficient (Wildman–Crippen LogP) is 5.88. The van der Waals surface area contributed by atoms with E-state index in [0.29, 0.717) is 5.56 Å². The van der Waals surface area contributed by atoms with Gasteiger partial charge in [-0.3, -0.25) is 0 Å². The Labute approximate surface area is 130 Å². The number of benzene rings is 2. The van der Waals surface area contributed by atoms with Crippen molar-refractivity contribution in [1.29, 1.82) is 0 Å². The van der Waals surface area contributed by atoms with Crippen molar-refractivity contribution >= 4 is 0 Å². The standard InChI is InChI=1S/C20H26/c1-13-8-9-17(14(2)10-13)18-12-19(20(5,6)7)16(4)11-15(18)3/h8-12H,1-7H3/i1D3,4D2. The molecule has 0 atom stereocenters. The molecular formula is C20H26. The highest BCUT2D eigenvalue weighted by atomic mass is 14.2. The first-order valence-corrected chi connectivity index (χ1v) is 6.93. The van der Waals surface area contributed by atoms with E-state index < -0.39 is 13.7 Å². The zero-order valence-electron chi connectivity index (χ0n) is 18.0. The minimum Gasteiger partial charge on any atom is -0.0587 e. The monoisotopic (exact) mass is 271 g/mol. The Kier molecular flexibility index (Phi) is 2.39. The molecule has 0 N–H and O–H groups in total. The van der Waals surface area contributed by atoms with E-state index in [4.69, 9.17) is 6.85 Å². The summed E-state index contributed by atoms with van der Waals surface area (Å²) in [5.74, 6) is 0. The van der Waals surface area contributed by atoms with E-state index in [2.05, 4.69) is 26.8 Å². The molecule has 106 valence electrons. The van der Waals surface area contributed by atoms with Crippen molar-refractivity contribution in [3.8, 4) is 11.1 Å².